The van der Waals surface area contributed by atoms with Crippen molar-refractivity contribution in [2.75, 3.05) is 7.11 Å². The first-order chi connectivity index (χ1) is 9.83. The SMILES string of the molecule is COc1ccccc1-c1noc(-c2cn[nH]c2C#N)n1. The van der Waals surface area contributed by atoms with Crippen LogP contribution in [-0.2, 0) is 0 Å². The minimum atomic E-state index is 0.233. The fourth-order valence-electron chi connectivity index (χ4n) is 1.81. The molecule has 0 radical (unpaired) electrons. The van der Waals surface area contributed by atoms with E-state index in [2.05, 4.69) is 20.3 Å². The Bertz CT molecular complexity index is 784. The number of nitrogens with zero attached hydrogens (tertiary/aromatic N) is 4. The predicted octanol–water partition coefficient (Wildman–Crippen LogP) is 2.01. The molecule has 0 aliphatic carbocycles. The van der Waals surface area contributed by atoms with E-state index in [1.807, 2.05) is 30.3 Å². The molecule has 7 nitrogen and oxygen atoms in total. The number of nitrogens with one attached hydrogen (secondary N) is 1. The summed E-state index contributed by atoms with van der Waals surface area (Å²) in [7, 11) is 1.57. The number of aromatic amines is 1. The second-order valence-electron chi connectivity index (χ2n) is 3.89. The van der Waals surface area contributed by atoms with E-state index in [0.29, 0.717) is 22.7 Å². The van der Waals surface area contributed by atoms with Crippen LogP contribution >= 0.6 is 0 Å². The lowest BCUT2D eigenvalue weighted by atomic mass is 10.2. The fraction of sp³-hybridized carbons (Fsp3) is 0.0769. The fourth-order valence-corrected chi connectivity index (χ4v) is 1.81. The molecule has 0 saturated heterocycles. The highest BCUT2D eigenvalue weighted by Gasteiger charge is 2.17. The van der Waals surface area contributed by atoms with Crippen molar-refractivity contribution in [1.82, 2.24) is 20.3 Å². The van der Waals surface area contributed by atoms with Crippen LogP contribution in [0.3, 0.4) is 0 Å². The summed E-state index contributed by atoms with van der Waals surface area (Å²) in [6.07, 6.45) is 1.47. The van der Waals surface area contributed by atoms with Crippen LogP contribution in [0.15, 0.2) is 35.0 Å². The molecule has 2 aromatic heterocycles. The van der Waals surface area contributed by atoms with Crippen LogP contribution in [0.1, 0.15) is 5.69 Å². The van der Waals surface area contributed by atoms with E-state index < -0.39 is 0 Å². The first-order valence-corrected chi connectivity index (χ1v) is 5.74. The Morgan fingerprint density at radius 3 is 2.95 bits per heavy atom. The van der Waals surface area contributed by atoms with Crippen molar-refractivity contribution in [3.05, 3.63) is 36.2 Å². The molecule has 7 heteroatoms. The monoisotopic (exact) mass is 267 g/mol. The van der Waals surface area contributed by atoms with E-state index in [9.17, 15) is 0 Å². The lowest BCUT2D eigenvalue weighted by Crippen LogP contribution is -1.88. The normalized spacial score (nSPS) is 10.2. The van der Waals surface area contributed by atoms with Gasteiger partial charge in [-0.3, -0.25) is 5.10 Å². The van der Waals surface area contributed by atoms with Gasteiger partial charge in [0.25, 0.3) is 5.89 Å². The van der Waals surface area contributed by atoms with E-state index in [4.69, 9.17) is 14.5 Å². The molecule has 0 spiro atoms. The summed E-state index contributed by atoms with van der Waals surface area (Å²) < 4.78 is 10.4. The summed E-state index contributed by atoms with van der Waals surface area (Å²) >= 11 is 0. The van der Waals surface area contributed by atoms with Gasteiger partial charge in [0.05, 0.1) is 24.4 Å². The van der Waals surface area contributed by atoms with Crippen LogP contribution in [0.5, 0.6) is 5.75 Å². The molecule has 0 atom stereocenters. The van der Waals surface area contributed by atoms with Crippen LogP contribution < -0.4 is 4.74 Å². The van der Waals surface area contributed by atoms with Crippen LogP contribution in [0, 0.1) is 11.3 Å². The number of hydrogen-bond acceptors (Lipinski definition) is 6. The van der Waals surface area contributed by atoms with Crippen molar-refractivity contribution in [1.29, 1.82) is 5.26 Å². The molecule has 0 aliphatic heterocycles. The number of nitriles is 1. The van der Waals surface area contributed by atoms with Crippen molar-refractivity contribution < 1.29 is 9.26 Å². The van der Waals surface area contributed by atoms with Gasteiger partial charge < -0.3 is 9.26 Å². The average Bonchev–Trinajstić information content (AvgIpc) is 3.15. The zero-order valence-electron chi connectivity index (χ0n) is 10.5. The van der Waals surface area contributed by atoms with Crippen LogP contribution in [0.2, 0.25) is 0 Å². The summed E-state index contributed by atoms with van der Waals surface area (Å²) in [5, 5.41) is 19.2. The van der Waals surface area contributed by atoms with E-state index in [0.717, 1.165) is 0 Å². The third-order valence-electron chi connectivity index (χ3n) is 2.76. The van der Waals surface area contributed by atoms with E-state index >= 15 is 0 Å². The molecule has 0 fully saturated rings. The second-order valence-corrected chi connectivity index (χ2v) is 3.89. The minimum Gasteiger partial charge on any atom is -0.496 e. The molecule has 3 rings (SSSR count). The lowest BCUT2D eigenvalue weighted by Gasteiger charge is -2.02. The van der Waals surface area contributed by atoms with Crippen LogP contribution in [0.25, 0.3) is 22.8 Å². The van der Waals surface area contributed by atoms with Crippen LogP contribution in [0.4, 0.5) is 0 Å². The molecular formula is C13H9N5O2. The van der Waals surface area contributed by atoms with Crippen molar-refractivity contribution >= 4 is 0 Å². The summed E-state index contributed by atoms with van der Waals surface area (Å²) in [5.74, 6) is 1.27. The molecule has 0 aliphatic rings. The van der Waals surface area contributed by atoms with Gasteiger partial charge in [-0.05, 0) is 12.1 Å². The number of H-pyrrole nitrogens is 1. The van der Waals surface area contributed by atoms with Gasteiger partial charge in [-0.25, -0.2) is 0 Å². The first kappa shape index (κ1) is 11.9. The Morgan fingerprint density at radius 2 is 2.15 bits per heavy atom. The van der Waals surface area contributed by atoms with Gasteiger partial charge in [-0.1, -0.05) is 17.3 Å². The topological polar surface area (TPSA) is 101 Å². The molecule has 98 valence electrons. The maximum absolute atomic E-state index is 8.94. The van der Waals surface area contributed by atoms with Crippen molar-refractivity contribution in [2.45, 2.75) is 0 Å². The maximum atomic E-state index is 8.94. The van der Waals surface area contributed by atoms with Gasteiger partial charge in [0, 0.05) is 0 Å². The van der Waals surface area contributed by atoms with Gasteiger partial charge in [0.2, 0.25) is 5.82 Å². The molecule has 0 unspecified atom stereocenters. The lowest BCUT2D eigenvalue weighted by molar-refractivity contribution is 0.413. The van der Waals surface area contributed by atoms with Gasteiger partial charge in [0.15, 0.2) is 0 Å². The molecule has 0 saturated carbocycles. The molecule has 3 aromatic rings. The Hall–Kier alpha value is -3.14. The predicted molar refractivity (Wildman–Crippen MR) is 68.6 cm³/mol. The van der Waals surface area contributed by atoms with Gasteiger partial charge in [0.1, 0.15) is 17.5 Å². The van der Waals surface area contributed by atoms with Gasteiger partial charge in [-0.15, -0.1) is 0 Å². The van der Waals surface area contributed by atoms with Crippen LogP contribution in [-0.4, -0.2) is 27.4 Å². The number of methoxy groups -OCH3 is 1. The van der Waals surface area contributed by atoms with Crippen molar-refractivity contribution in [3.8, 4) is 34.7 Å². The Balaban J connectivity index is 2.05. The molecule has 2 heterocycles. The van der Waals surface area contributed by atoms with Crippen molar-refractivity contribution in [3.63, 3.8) is 0 Å². The standard InChI is InChI=1S/C13H9N5O2/c1-19-11-5-3-2-4-8(11)12-16-13(20-18-12)9-7-15-17-10(9)6-14/h2-5,7H,1H3,(H,15,17). The average molecular weight is 267 g/mol. The molecule has 1 aromatic carbocycles. The third kappa shape index (κ3) is 1.89. The van der Waals surface area contributed by atoms with E-state index in [1.54, 1.807) is 7.11 Å². The molecular weight excluding hydrogens is 258 g/mol. The number of aromatic nitrogens is 4. The number of ether oxygens (including phenoxy) is 1. The highest BCUT2D eigenvalue weighted by atomic mass is 16.5. The van der Waals surface area contributed by atoms with E-state index in [1.165, 1.54) is 6.20 Å². The summed E-state index contributed by atoms with van der Waals surface area (Å²) in [4.78, 5) is 4.27. The quantitative estimate of drug-likeness (QED) is 0.778. The summed E-state index contributed by atoms with van der Waals surface area (Å²) in [6.45, 7) is 0. The zero-order valence-corrected chi connectivity index (χ0v) is 10.5. The Labute approximate surface area is 113 Å². The number of rotatable bonds is 3. The first-order valence-electron chi connectivity index (χ1n) is 5.74. The smallest absolute Gasteiger partial charge is 0.262 e. The highest BCUT2D eigenvalue weighted by molar-refractivity contribution is 5.67. The van der Waals surface area contributed by atoms with E-state index in [-0.39, 0.29) is 11.6 Å². The van der Waals surface area contributed by atoms with Gasteiger partial charge >= 0.3 is 0 Å². The second kappa shape index (κ2) is 4.85. The third-order valence-corrected chi connectivity index (χ3v) is 2.76. The number of para-hydroxylation sites is 1. The molecule has 0 amide bonds. The summed E-state index contributed by atoms with van der Waals surface area (Å²) in [6, 6.07) is 9.32. The Kier molecular flexibility index (Phi) is 2.89. The minimum absolute atomic E-state index is 0.233. The Morgan fingerprint density at radius 1 is 1.30 bits per heavy atom. The number of hydrogen-bond donors (Lipinski definition) is 1. The molecule has 0 bridgehead atoms. The van der Waals surface area contributed by atoms with Gasteiger partial charge in [-0.2, -0.15) is 15.3 Å². The highest BCUT2D eigenvalue weighted by Crippen LogP contribution is 2.29. The largest absolute Gasteiger partial charge is 0.496 e. The maximum Gasteiger partial charge on any atom is 0.262 e. The zero-order chi connectivity index (χ0) is 13.9. The number of benzene rings is 1. The molecule has 1 N–H and O–H groups in total. The summed E-state index contributed by atoms with van der Waals surface area (Å²) in [5.41, 5.74) is 1.47. The molecule has 20 heavy (non-hydrogen) atoms. The van der Waals surface area contributed by atoms with Crippen molar-refractivity contribution in [2.24, 2.45) is 0 Å².